The number of carbonyl (C=O) groups excluding carboxylic acids is 1. The predicted molar refractivity (Wildman–Crippen MR) is 88.6 cm³/mol. The van der Waals surface area contributed by atoms with Crippen molar-refractivity contribution >= 4 is 11.8 Å². The maximum atomic E-state index is 12.1. The molecule has 0 amide bonds. The highest BCUT2D eigenvalue weighted by Crippen LogP contribution is 2.21. The van der Waals surface area contributed by atoms with Crippen LogP contribution in [0.15, 0.2) is 47.4 Å². The predicted octanol–water partition coefficient (Wildman–Crippen LogP) is 1.04. The number of ether oxygens (including phenoxy) is 3. The molecule has 0 spiro atoms. The Bertz CT molecular complexity index is 792. The molecule has 3 rings (SSSR count). The number of anilines is 1. The van der Waals surface area contributed by atoms with Gasteiger partial charge in [0.1, 0.15) is 12.4 Å². The fraction of sp³-hybridized carbons (Fsp3) is 0.353. The fourth-order valence-corrected chi connectivity index (χ4v) is 2.47. The van der Waals surface area contributed by atoms with Gasteiger partial charge < -0.3 is 19.9 Å². The molecule has 1 aliphatic rings. The van der Waals surface area contributed by atoms with E-state index in [1.54, 1.807) is 6.92 Å². The second-order valence-corrected chi connectivity index (χ2v) is 5.66. The lowest BCUT2D eigenvalue weighted by atomic mass is 10.0. The summed E-state index contributed by atoms with van der Waals surface area (Å²) in [5, 5.41) is 0. The number of aromatic nitrogens is 2. The van der Waals surface area contributed by atoms with E-state index in [1.807, 2.05) is 30.3 Å². The van der Waals surface area contributed by atoms with Crippen molar-refractivity contribution < 1.29 is 19.0 Å². The van der Waals surface area contributed by atoms with Crippen LogP contribution in [0.3, 0.4) is 0 Å². The number of hydrogen-bond donors (Lipinski definition) is 1. The van der Waals surface area contributed by atoms with Crippen LogP contribution in [0.2, 0.25) is 0 Å². The summed E-state index contributed by atoms with van der Waals surface area (Å²) in [5.41, 5.74) is 5.81. The average molecular weight is 345 g/mol. The van der Waals surface area contributed by atoms with Crippen LogP contribution in [-0.4, -0.2) is 35.0 Å². The first-order chi connectivity index (χ1) is 12.0. The van der Waals surface area contributed by atoms with Crippen LogP contribution < -0.4 is 11.4 Å². The number of benzene rings is 1. The third-order valence-corrected chi connectivity index (χ3v) is 3.91. The van der Waals surface area contributed by atoms with Crippen molar-refractivity contribution in [1.29, 1.82) is 0 Å². The number of carbonyl (C=O) groups is 1. The van der Waals surface area contributed by atoms with Gasteiger partial charge in [-0.1, -0.05) is 30.3 Å². The molecule has 1 fully saturated rings. The minimum Gasteiger partial charge on any atom is -0.460 e. The molecule has 0 aliphatic carbocycles. The van der Waals surface area contributed by atoms with Crippen molar-refractivity contribution in [3.63, 3.8) is 0 Å². The van der Waals surface area contributed by atoms with Crippen molar-refractivity contribution in [2.45, 2.75) is 25.4 Å². The minimum atomic E-state index is -0.735. The lowest BCUT2D eigenvalue weighted by Gasteiger charge is -2.15. The monoisotopic (exact) mass is 345 g/mol. The van der Waals surface area contributed by atoms with Gasteiger partial charge in [0.15, 0.2) is 12.5 Å². The van der Waals surface area contributed by atoms with E-state index in [4.69, 9.17) is 19.9 Å². The molecule has 0 radical (unpaired) electrons. The molecule has 1 saturated heterocycles. The number of nitrogens with two attached hydrogens (primary N) is 1. The van der Waals surface area contributed by atoms with E-state index in [0.29, 0.717) is 0 Å². The Morgan fingerprint density at radius 3 is 2.88 bits per heavy atom. The molecule has 1 aromatic heterocycles. The molecule has 3 atom stereocenters. The van der Waals surface area contributed by atoms with Gasteiger partial charge in [-0.05, 0) is 18.6 Å². The van der Waals surface area contributed by atoms with E-state index in [-0.39, 0.29) is 30.9 Å². The van der Waals surface area contributed by atoms with Gasteiger partial charge in [-0.3, -0.25) is 9.36 Å². The van der Waals surface area contributed by atoms with Crippen molar-refractivity contribution in [2.75, 3.05) is 18.9 Å². The molecule has 0 saturated carbocycles. The minimum absolute atomic E-state index is 0.0519. The summed E-state index contributed by atoms with van der Waals surface area (Å²) in [4.78, 5) is 27.6. The highest BCUT2D eigenvalue weighted by atomic mass is 16.7. The van der Waals surface area contributed by atoms with Gasteiger partial charge in [0.25, 0.3) is 0 Å². The average Bonchev–Trinajstić information content (AvgIpc) is 3.08. The van der Waals surface area contributed by atoms with E-state index < -0.39 is 18.2 Å². The number of nitrogen functional groups attached to an aromatic ring is 1. The van der Waals surface area contributed by atoms with Gasteiger partial charge in [0.2, 0.25) is 0 Å². The summed E-state index contributed by atoms with van der Waals surface area (Å²) < 4.78 is 17.6. The van der Waals surface area contributed by atoms with E-state index in [9.17, 15) is 9.59 Å². The van der Waals surface area contributed by atoms with Crippen LogP contribution in [0.4, 0.5) is 5.82 Å². The van der Waals surface area contributed by atoms with Gasteiger partial charge in [-0.15, -0.1) is 0 Å². The van der Waals surface area contributed by atoms with Crippen molar-refractivity contribution in [3.05, 3.63) is 58.6 Å². The zero-order valence-electron chi connectivity index (χ0n) is 13.7. The van der Waals surface area contributed by atoms with E-state index in [1.165, 1.54) is 16.8 Å². The first kappa shape index (κ1) is 17.1. The molecule has 8 heteroatoms. The molecule has 1 aliphatic heterocycles. The molecule has 2 N–H and O–H groups in total. The smallest absolute Gasteiger partial charge is 0.351 e. The molecule has 2 heterocycles. The Hall–Kier alpha value is -2.71. The third kappa shape index (κ3) is 4.04. The third-order valence-electron chi connectivity index (χ3n) is 3.91. The Morgan fingerprint density at radius 2 is 2.16 bits per heavy atom. The SMILES string of the molecule is CC(C(=O)OC[C@H]1OC[C@@H](n2ccc(N)nc2=O)O1)c1ccccc1. The Kier molecular flexibility index (Phi) is 5.11. The molecule has 1 unspecified atom stereocenters. The van der Waals surface area contributed by atoms with Crippen LogP contribution in [-0.2, 0) is 19.0 Å². The molecule has 1 aromatic carbocycles. The van der Waals surface area contributed by atoms with E-state index >= 15 is 0 Å². The van der Waals surface area contributed by atoms with Crippen molar-refractivity contribution in [2.24, 2.45) is 0 Å². The zero-order valence-corrected chi connectivity index (χ0v) is 13.7. The Morgan fingerprint density at radius 1 is 1.40 bits per heavy atom. The van der Waals surface area contributed by atoms with Crippen molar-refractivity contribution in [1.82, 2.24) is 9.55 Å². The standard InChI is InChI=1S/C17H19N3O5/c1-11(12-5-3-2-4-6-12)16(21)24-10-15-23-9-14(25-15)20-8-7-13(18)19-17(20)22/h2-8,11,14-15H,9-10H2,1H3,(H2,18,19,22)/t11?,14-,15-/m0/s1. The van der Waals surface area contributed by atoms with Gasteiger partial charge >= 0.3 is 11.7 Å². The van der Waals surface area contributed by atoms with Crippen molar-refractivity contribution in [3.8, 4) is 0 Å². The molecule has 8 nitrogen and oxygen atoms in total. The summed E-state index contributed by atoms with van der Waals surface area (Å²) in [6, 6.07) is 10.8. The first-order valence-electron chi connectivity index (χ1n) is 7.88. The Balaban J connectivity index is 1.53. The molecular formula is C17H19N3O5. The maximum Gasteiger partial charge on any atom is 0.351 e. The summed E-state index contributed by atoms with van der Waals surface area (Å²) in [5.74, 6) is -0.615. The summed E-state index contributed by atoms with van der Waals surface area (Å²) >= 11 is 0. The second-order valence-electron chi connectivity index (χ2n) is 5.66. The topological polar surface area (TPSA) is 106 Å². The number of nitrogens with zero attached hydrogens (tertiary/aromatic N) is 2. The van der Waals surface area contributed by atoms with Crippen LogP contribution >= 0.6 is 0 Å². The van der Waals surface area contributed by atoms with Gasteiger partial charge in [-0.25, -0.2) is 4.79 Å². The quantitative estimate of drug-likeness (QED) is 0.807. The van der Waals surface area contributed by atoms with Crippen LogP contribution in [0.25, 0.3) is 0 Å². The highest BCUT2D eigenvalue weighted by Gasteiger charge is 2.30. The van der Waals surface area contributed by atoms with Gasteiger partial charge in [0.05, 0.1) is 12.5 Å². The Labute approximate surface area is 144 Å². The number of hydrogen-bond acceptors (Lipinski definition) is 7. The largest absolute Gasteiger partial charge is 0.460 e. The molecule has 132 valence electrons. The molecule has 0 bridgehead atoms. The van der Waals surface area contributed by atoms with Gasteiger partial charge in [0, 0.05) is 6.20 Å². The normalized spacial score (nSPS) is 21.0. The summed E-state index contributed by atoms with van der Waals surface area (Å²) in [6.45, 7) is 1.88. The second kappa shape index (κ2) is 7.45. The molecular weight excluding hydrogens is 326 g/mol. The van der Waals surface area contributed by atoms with E-state index in [0.717, 1.165) is 5.56 Å². The van der Waals surface area contributed by atoms with Crippen LogP contribution in [0.1, 0.15) is 24.6 Å². The molecule has 2 aromatic rings. The number of rotatable bonds is 5. The number of esters is 1. The van der Waals surface area contributed by atoms with Crippen LogP contribution in [0, 0.1) is 0 Å². The van der Waals surface area contributed by atoms with Gasteiger partial charge in [-0.2, -0.15) is 4.98 Å². The summed E-state index contributed by atoms with van der Waals surface area (Å²) in [6.07, 6.45) is 0.127. The highest BCUT2D eigenvalue weighted by molar-refractivity contribution is 5.77. The van der Waals surface area contributed by atoms with Crippen LogP contribution in [0.5, 0.6) is 0 Å². The molecule has 25 heavy (non-hydrogen) atoms. The lowest BCUT2D eigenvalue weighted by molar-refractivity contribution is -0.160. The maximum absolute atomic E-state index is 12.1. The lowest BCUT2D eigenvalue weighted by Crippen LogP contribution is -2.29. The summed E-state index contributed by atoms with van der Waals surface area (Å²) in [7, 11) is 0. The fourth-order valence-electron chi connectivity index (χ4n) is 2.47. The zero-order chi connectivity index (χ0) is 17.8. The first-order valence-corrected chi connectivity index (χ1v) is 7.88. The van der Waals surface area contributed by atoms with E-state index in [2.05, 4.69) is 4.98 Å².